The summed E-state index contributed by atoms with van der Waals surface area (Å²) in [6.07, 6.45) is 2.81. The predicted octanol–water partition coefficient (Wildman–Crippen LogP) is 5.01. The first-order valence-electron chi connectivity index (χ1n) is 10.4. The number of benzene rings is 3. The van der Waals surface area contributed by atoms with Gasteiger partial charge in [0.1, 0.15) is 5.71 Å². The fourth-order valence-corrected chi connectivity index (χ4v) is 4.21. The molecular weight excluding hydrogens is 434 g/mol. The van der Waals surface area contributed by atoms with Gasteiger partial charge < -0.3 is 10.6 Å². The highest BCUT2D eigenvalue weighted by Crippen LogP contribution is 2.23. The minimum absolute atomic E-state index is 0.0271. The van der Waals surface area contributed by atoms with Crippen LogP contribution in [-0.4, -0.2) is 19.9 Å². The number of allylic oxidation sites excluding steroid dienone is 2. The van der Waals surface area contributed by atoms with Crippen molar-refractivity contribution in [3.05, 3.63) is 114 Å². The number of hydrogen-bond acceptors (Lipinski definition) is 5. The second-order valence-electron chi connectivity index (χ2n) is 7.73. The van der Waals surface area contributed by atoms with Crippen LogP contribution in [0, 0.1) is 13.8 Å². The van der Waals surface area contributed by atoms with E-state index in [1.54, 1.807) is 18.2 Å². The summed E-state index contributed by atoms with van der Waals surface area (Å²) in [6.45, 7) is 3.99. The second-order valence-corrected chi connectivity index (χ2v) is 9.33. The van der Waals surface area contributed by atoms with Crippen LogP contribution < -0.4 is 10.6 Å². The minimum atomic E-state index is -4.03. The van der Waals surface area contributed by atoms with Gasteiger partial charge in [-0.1, -0.05) is 53.6 Å². The summed E-state index contributed by atoms with van der Waals surface area (Å²) in [7, 11) is -4.03. The summed E-state index contributed by atoms with van der Waals surface area (Å²) in [5, 5.41) is 6.51. The molecule has 3 aromatic carbocycles. The van der Waals surface area contributed by atoms with E-state index in [1.165, 1.54) is 24.3 Å². The molecule has 3 aromatic rings. The van der Waals surface area contributed by atoms with E-state index in [-0.39, 0.29) is 10.6 Å². The largest absolute Gasteiger partial charge is 0.354 e. The van der Waals surface area contributed by atoms with Gasteiger partial charge in [0.15, 0.2) is 0 Å². The molecule has 6 nitrogen and oxygen atoms in total. The molecule has 0 fully saturated rings. The van der Waals surface area contributed by atoms with Gasteiger partial charge in [0.25, 0.3) is 10.0 Å². The summed E-state index contributed by atoms with van der Waals surface area (Å²) in [5.41, 5.74) is 4.70. The molecule has 7 heteroatoms. The van der Waals surface area contributed by atoms with Crippen molar-refractivity contribution in [1.29, 1.82) is 0 Å². The van der Waals surface area contributed by atoms with Crippen LogP contribution in [0.3, 0.4) is 0 Å². The highest BCUT2D eigenvalue weighted by atomic mass is 32.2. The SMILES string of the molecule is Cc1ccc(NC2=CC(=O)C(=NS(=O)(=O)c3ccccc3)C=C2Nc2ccc(C)cc2)cc1. The van der Waals surface area contributed by atoms with E-state index in [0.29, 0.717) is 11.4 Å². The van der Waals surface area contributed by atoms with Gasteiger partial charge in [0.05, 0.1) is 16.3 Å². The number of carbonyl (C=O) groups excluding carboxylic acids is 1. The Morgan fingerprint density at radius 1 is 0.667 bits per heavy atom. The minimum Gasteiger partial charge on any atom is -0.354 e. The molecule has 0 heterocycles. The van der Waals surface area contributed by atoms with Crippen LogP contribution in [0.2, 0.25) is 0 Å². The third kappa shape index (κ3) is 5.45. The van der Waals surface area contributed by atoms with E-state index in [1.807, 2.05) is 62.4 Å². The number of carbonyl (C=O) groups is 1. The Bertz CT molecular complexity index is 1370. The Balaban J connectivity index is 1.72. The second kappa shape index (κ2) is 9.26. The number of nitrogens with one attached hydrogen (secondary N) is 2. The Labute approximate surface area is 193 Å². The van der Waals surface area contributed by atoms with Crippen molar-refractivity contribution in [3.8, 4) is 0 Å². The first kappa shape index (κ1) is 22.2. The first-order valence-corrected chi connectivity index (χ1v) is 11.8. The zero-order valence-corrected chi connectivity index (χ0v) is 19.1. The van der Waals surface area contributed by atoms with Crippen molar-refractivity contribution in [1.82, 2.24) is 0 Å². The van der Waals surface area contributed by atoms with Crippen LogP contribution in [0.25, 0.3) is 0 Å². The maximum Gasteiger partial charge on any atom is 0.282 e. The molecule has 0 bridgehead atoms. The molecule has 4 rings (SSSR count). The van der Waals surface area contributed by atoms with Crippen molar-refractivity contribution in [2.45, 2.75) is 18.7 Å². The van der Waals surface area contributed by atoms with Crippen LogP contribution in [-0.2, 0) is 14.8 Å². The summed E-state index contributed by atoms with van der Waals surface area (Å²) in [6, 6.07) is 23.3. The van der Waals surface area contributed by atoms with E-state index in [0.717, 1.165) is 22.5 Å². The Kier molecular flexibility index (Phi) is 6.24. The Hall–Kier alpha value is -3.97. The van der Waals surface area contributed by atoms with Gasteiger partial charge in [-0.05, 0) is 56.3 Å². The zero-order valence-electron chi connectivity index (χ0n) is 18.2. The molecular formula is C26H23N3O3S. The van der Waals surface area contributed by atoms with Crippen molar-refractivity contribution in [3.63, 3.8) is 0 Å². The molecule has 0 spiro atoms. The lowest BCUT2D eigenvalue weighted by atomic mass is 10.0. The number of hydrogen-bond donors (Lipinski definition) is 2. The lowest BCUT2D eigenvalue weighted by Crippen LogP contribution is -2.23. The van der Waals surface area contributed by atoms with Gasteiger partial charge in [0.2, 0.25) is 5.78 Å². The number of aryl methyl sites for hydroxylation is 2. The van der Waals surface area contributed by atoms with E-state index in [9.17, 15) is 13.2 Å². The lowest BCUT2D eigenvalue weighted by molar-refractivity contribution is -0.108. The predicted molar refractivity (Wildman–Crippen MR) is 132 cm³/mol. The number of ketones is 1. The molecule has 2 N–H and O–H groups in total. The highest BCUT2D eigenvalue weighted by molar-refractivity contribution is 7.90. The summed E-state index contributed by atoms with van der Waals surface area (Å²) in [5.74, 6) is -0.501. The molecule has 1 aliphatic rings. The van der Waals surface area contributed by atoms with Crippen LogP contribution in [0.4, 0.5) is 11.4 Å². The van der Waals surface area contributed by atoms with Gasteiger partial charge >= 0.3 is 0 Å². The molecule has 0 amide bonds. The van der Waals surface area contributed by atoms with Crippen molar-refractivity contribution in [2.75, 3.05) is 10.6 Å². The summed E-state index contributed by atoms with van der Waals surface area (Å²) in [4.78, 5) is 12.8. The maximum atomic E-state index is 12.8. The molecule has 0 aromatic heterocycles. The van der Waals surface area contributed by atoms with Crippen LogP contribution in [0.1, 0.15) is 11.1 Å². The molecule has 0 saturated carbocycles. The van der Waals surface area contributed by atoms with Gasteiger partial charge in [-0.2, -0.15) is 12.8 Å². The standard InChI is InChI=1S/C26H23N3O3S/c1-18-8-12-20(13-9-18)27-23-16-25(29-33(31,32)22-6-4-3-5-7-22)26(30)17-24(23)28-21-14-10-19(2)11-15-21/h3-17,27-28H,1-2H3. The third-order valence-corrected chi connectivity index (χ3v) is 6.32. The maximum absolute atomic E-state index is 12.8. The van der Waals surface area contributed by atoms with Gasteiger partial charge in [-0.3, -0.25) is 4.79 Å². The van der Waals surface area contributed by atoms with Crippen LogP contribution in [0.15, 0.2) is 112 Å². The molecule has 0 atom stereocenters. The van der Waals surface area contributed by atoms with Gasteiger partial charge in [-0.25, -0.2) is 0 Å². The van der Waals surface area contributed by atoms with E-state index in [4.69, 9.17) is 0 Å². The zero-order chi connectivity index (χ0) is 23.4. The smallest absolute Gasteiger partial charge is 0.282 e. The number of anilines is 2. The first-order chi connectivity index (χ1) is 15.8. The normalized spacial score (nSPS) is 15.1. The van der Waals surface area contributed by atoms with Crippen LogP contribution >= 0.6 is 0 Å². The number of nitrogens with zero attached hydrogens (tertiary/aromatic N) is 1. The number of rotatable bonds is 6. The van der Waals surface area contributed by atoms with Crippen LogP contribution in [0.5, 0.6) is 0 Å². The molecule has 0 aliphatic heterocycles. The van der Waals surface area contributed by atoms with E-state index < -0.39 is 15.8 Å². The molecule has 1 aliphatic carbocycles. The van der Waals surface area contributed by atoms with Gasteiger partial charge in [-0.15, -0.1) is 0 Å². The highest BCUT2D eigenvalue weighted by Gasteiger charge is 2.23. The average Bonchev–Trinajstić information content (AvgIpc) is 2.80. The average molecular weight is 458 g/mol. The Morgan fingerprint density at radius 3 is 1.67 bits per heavy atom. The monoisotopic (exact) mass is 457 g/mol. The number of sulfonamides is 1. The summed E-state index contributed by atoms with van der Waals surface area (Å²) < 4.78 is 29.3. The molecule has 0 unspecified atom stereocenters. The van der Waals surface area contributed by atoms with E-state index in [2.05, 4.69) is 15.0 Å². The summed E-state index contributed by atoms with van der Waals surface area (Å²) >= 11 is 0. The van der Waals surface area contributed by atoms with E-state index >= 15 is 0 Å². The molecule has 33 heavy (non-hydrogen) atoms. The fourth-order valence-electron chi connectivity index (χ4n) is 3.21. The quantitative estimate of drug-likeness (QED) is 0.508. The van der Waals surface area contributed by atoms with Crippen molar-refractivity contribution < 1.29 is 13.2 Å². The molecule has 166 valence electrons. The van der Waals surface area contributed by atoms with Crippen molar-refractivity contribution in [2.24, 2.45) is 4.40 Å². The topological polar surface area (TPSA) is 87.6 Å². The third-order valence-electron chi connectivity index (χ3n) is 5.02. The fraction of sp³-hybridized carbons (Fsp3) is 0.0769. The molecule has 0 radical (unpaired) electrons. The van der Waals surface area contributed by atoms with Crippen molar-refractivity contribution >= 4 is 32.9 Å². The Morgan fingerprint density at radius 2 is 1.15 bits per heavy atom. The van der Waals surface area contributed by atoms with Gasteiger partial charge in [0, 0.05) is 17.5 Å². The lowest BCUT2D eigenvalue weighted by Gasteiger charge is -2.20. The molecule has 0 saturated heterocycles.